The largest absolute Gasteiger partial charge is 0.502 e. The van der Waals surface area contributed by atoms with E-state index in [2.05, 4.69) is 0 Å². The molecule has 0 aliphatic carbocycles. The molecule has 6 heteroatoms. The lowest BCUT2D eigenvalue weighted by Gasteiger charge is -2.14. The summed E-state index contributed by atoms with van der Waals surface area (Å²) in [5.74, 6) is -0.0113. The van der Waals surface area contributed by atoms with Crippen LogP contribution in [0.15, 0.2) is 12.1 Å². The van der Waals surface area contributed by atoms with E-state index in [0.29, 0.717) is 5.56 Å². The summed E-state index contributed by atoms with van der Waals surface area (Å²) in [6.45, 7) is 2.01. The number of ether oxygens (including phenoxy) is 3. The Morgan fingerprint density at radius 2 is 1.84 bits per heavy atom. The number of rotatable bonds is 6. The van der Waals surface area contributed by atoms with Gasteiger partial charge >= 0.3 is 5.97 Å². The van der Waals surface area contributed by atoms with Crippen LogP contribution in [0, 0.1) is 0 Å². The Morgan fingerprint density at radius 3 is 2.26 bits per heavy atom. The van der Waals surface area contributed by atoms with Crippen molar-refractivity contribution in [2.24, 2.45) is 5.73 Å². The van der Waals surface area contributed by atoms with Crippen LogP contribution < -0.4 is 15.2 Å². The van der Waals surface area contributed by atoms with Crippen LogP contribution in [0.4, 0.5) is 0 Å². The van der Waals surface area contributed by atoms with Crippen molar-refractivity contribution in [1.29, 1.82) is 0 Å². The fourth-order valence-electron chi connectivity index (χ4n) is 1.65. The first-order chi connectivity index (χ1) is 9.03. The number of benzene rings is 1. The van der Waals surface area contributed by atoms with E-state index >= 15 is 0 Å². The fraction of sp³-hybridized carbons (Fsp3) is 0.462. The summed E-state index contributed by atoms with van der Waals surface area (Å²) < 4.78 is 14.9. The minimum absolute atomic E-state index is 0.0848. The number of nitrogens with two attached hydrogens (primary N) is 1. The van der Waals surface area contributed by atoms with Gasteiger partial charge in [0.05, 0.1) is 20.8 Å². The van der Waals surface area contributed by atoms with Gasteiger partial charge in [-0.05, 0) is 31.0 Å². The molecular weight excluding hydrogens is 250 g/mol. The second-order valence-corrected chi connectivity index (χ2v) is 3.91. The maximum absolute atomic E-state index is 11.5. The molecule has 0 heterocycles. The predicted molar refractivity (Wildman–Crippen MR) is 69.5 cm³/mol. The van der Waals surface area contributed by atoms with E-state index in [1.807, 2.05) is 0 Å². The van der Waals surface area contributed by atoms with Gasteiger partial charge in [-0.2, -0.15) is 0 Å². The van der Waals surface area contributed by atoms with Crippen LogP contribution in [-0.4, -0.2) is 37.9 Å². The first-order valence-electron chi connectivity index (χ1n) is 5.89. The molecule has 0 aromatic heterocycles. The van der Waals surface area contributed by atoms with Crippen molar-refractivity contribution in [3.8, 4) is 17.2 Å². The van der Waals surface area contributed by atoms with Crippen LogP contribution in [0.5, 0.6) is 17.2 Å². The summed E-state index contributed by atoms with van der Waals surface area (Å²) >= 11 is 0. The molecule has 6 nitrogen and oxygen atoms in total. The zero-order valence-corrected chi connectivity index (χ0v) is 11.3. The van der Waals surface area contributed by atoms with E-state index in [0.717, 1.165) is 0 Å². The maximum atomic E-state index is 11.5. The van der Waals surface area contributed by atoms with Crippen LogP contribution in [0.1, 0.15) is 12.5 Å². The van der Waals surface area contributed by atoms with Crippen molar-refractivity contribution in [1.82, 2.24) is 0 Å². The van der Waals surface area contributed by atoms with Crippen LogP contribution in [0.25, 0.3) is 0 Å². The summed E-state index contributed by atoms with van der Waals surface area (Å²) in [7, 11) is 2.87. The lowest BCUT2D eigenvalue weighted by atomic mass is 10.1. The molecule has 0 amide bonds. The lowest BCUT2D eigenvalue weighted by molar-refractivity contribution is -0.144. The quantitative estimate of drug-likeness (QED) is 0.744. The molecule has 0 aliphatic heterocycles. The maximum Gasteiger partial charge on any atom is 0.323 e. The highest BCUT2D eigenvalue weighted by atomic mass is 16.5. The van der Waals surface area contributed by atoms with Crippen LogP contribution in [-0.2, 0) is 16.0 Å². The van der Waals surface area contributed by atoms with Crippen molar-refractivity contribution < 1.29 is 24.1 Å². The number of phenols is 1. The average molecular weight is 269 g/mol. The van der Waals surface area contributed by atoms with Gasteiger partial charge in [0.1, 0.15) is 6.04 Å². The molecule has 0 saturated carbocycles. The van der Waals surface area contributed by atoms with E-state index < -0.39 is 12.0 Å². The highest BCUT2D eigenvalue weighted by Gasteiger charge is 2.18. The molecule has 0 radical (unpaired) electrons. The van der Waals surface area contributed by atoms with Crippen LogP contribution in [0.2, 0.25) is 0 Å². The Balaban J connectivity index is 2.92. The number of esters is 1. The highest BCUT2D eigenvalue weighted by molar-refractivity contribution is 5.76. The summed E-state index contributed by atoms with van der Waals surface area (Å²) in [4.78, 5) is 11.5. The van der Waals surface area contributed by atoms with Gasteiger partial charge in [0.2, 0.25) is 5.75 Å². The van der Waals surface area contributed by atoms with Crippen molar-refractivity contribution in [3.05, 3.63) is 17.7 Å². The minimum atomic E-state index is -0.765. The molecule has 19 heavy (non-hydrogen) atoms. The Kier molecular flexibility index (Phi) is 5.44. The number of methoxy groups -OCH3 is 2. The number of hydrogen-bond donors (Lipinski definition) is 2. The van der Waals surface area contributed by atoms with Gasteiger partial charge in [-0.25, -0.2) is 0 Å². The molecule has 1 unspecified atom stereocenters. The molecule has 0 spiro atoms. The third kappa shape index (κ3) is 3.75. The summed E-state index contributed by atoms with van der Waals surface area (Å²) in [5, 5.41) is 9.77. The molecule has 0 bridgehead atoms. The Hall–Kier alpha value is -1.95. The van der Waals surface area contributed by atoms with Crippen molar-refractivity contribution >= 4 is 5.97 Å². The molecule has 1 atom stereocenters. The van der Waals surface area contributed by atoms with Gasteiger partial charge in [-0.3, -0.25) is 4.79 Å². The van der Waals surface area contributed by atoms with Crippen molar-refractivity contribution in [3.63, 3.8) is 0 Å². The van der Waals surface area contributed by atoms with E-state index in [9.17, 15) is 9.90 Å². The van der Waals surface area contributed by atoms with E-state index in [4.69, 9.17) is 19.9 Å². The predicted octanol–water partition coefficient (Wildman–Crippen LogP) is 0.842. The Bertz CT molecular complexity index is 422. The zero-order chi connectivity index (χ0) is 14.4. The number of carbonyl (C=O) groups is 1. The number of hydrogen-bond acceptors (Lipinski definition) is 6. The van der Waals surface area contributed by atoms with Gasteiger partial charge in [0.25, 0.3) is 0 Å². The van der Waals surface area contributed by atoms with Gasteiger partial charge in [-0.1, -0.05) is 0 Å². The molecule has 106 valence electrons. The molecule has 1 aromatic carbocycles. The van der Waals surface area contributed by atoms with Gasteiger partial charge in [0.15, 0.2) is 11.5 Å². The van der Waals surface area contributed by atoms with Gasteiger partial charge < -0.3 is 25.1 Å². The second-order valence-electron chi connectivity index (χ2n) is 3.91. The number of carbonyl (C=O) groups excluding carboxylic acids is 1. The van der Waals surface area contributed by atoms with E-state index in [1.165, 1.54) is 14.2 Å². The first-order valence-corrected chi connectivity index (χ1v) is 5.89. The molecule has 1 aromatic rings. The normalized spacial score (nSPS) is 11.8. The van der Waals surface area contributed by atoms with Gasteiger partial charge in [0, 0.05) is 0 Å². The molecule has 3 N–H and O–H groups in total. The lowest BCUT2D eigenvalue weighted by Crippen LogP contribution is -2.34. The monoisotopic (exact) mass is 269 g/mol. The third-order valence-corrected chi connectivity index (χ3v) is 2.58. The summed E-state index contributed by atoms with van der Waals surface area (Å²) in [5.41, 5.74) is 6.45. The average Bonchev–Trinajstić information content (AvgIpc) is 2.40. The summed E-state index contributed by atoms with van der Waals surface area (Å²) in [6, 6.07) is 2.45. The Labute approximate surface area is 112 Å². The zero-order valence-electron chi connectivity index (χ0n) is 11.3. The molecule has 1 rings (SSSR count). The van der Waals surface area contributed by atoms with Crippen molar-refractivity contribution in [2.45, 2.75) is 19.4 Å². The minimum Gasteiger partial charge on any atom is -0.502 e. The fourth-order valence-corrected chi connectivity index (χ4v) is 1.65. The van der Waals surface area contributed by atoms with Crippen LogP contribution in [0.3, 0.4) is 0 Å². The topological polar surface area (TPSA) is 91.0 Å². The SMILES string of the molecule is CCOC(=O)C(N)Cc1cc(OC)c(O)c(OC)c1. The second kappa shape index (κ2) is 6.84. The highest BCUT2D eigenvalue weighted by Crippen LogP contribution is 2.37. The standard InChI is InChI=1S/C13H19NO5/c1-4-19-13(16)9(14)5-8-6-10(17-2)12(15)11(7-8)18-3/h6-7,9,15H,4-5,14H2,1-3H3. The molecule has 0 aliphatic rings. The summed E-state index contributed by atoms with van der Waals surface area (Å²) in [6.07, 6.45) is 0.270. The third-order valence-electron chi connectivity index (χ3n) is 2.58. The molecule has 0 fully saturated rings. The Morgan fingerprint density at radius 1 is 1.32 bits per heavy atom. The smallest absolute Gasteiger partial charge is 0.323 e. The molecular formula is C13H19NO5. The molecule has 0 saturated heterocycles. The van der Waals surface area contributed by atoms with E-state index in [-0.39, 0.29) is 30.3 Å². The first kappa shape index (κ1) is 15.1. The van der Waals surface area contributed by atoms with E-state index in [1.54, 1.807) is 19.1 Å². The van der Waals surface area contributed by atoms with Crippen molar-refractivity contribution in [2.75, 3.05) is 20.8 Å². The number of aromatic hydroxyl groups is 1. The number of phenolic OH excluding ortho intramolecular Hbond substituents is 1. The van der Waals surface area contributed by atoms with Gasteiger partial charge in [-0.15, -0.1) is 0 Å². The van der Waals surface area contributed by atoms with Crippen LogP contribution >= 0.6 is 0 Å².